The van der Waals surface area contributed by atoms with Crippen LogP contribution in [0.2, 0.25) is 5.02 Å². The van der Waals surface area contributed by atoms with Crippen molar-refractivity contribution in [2.45, 2.75) is 25.9 Å². The predicted molar refractivity (Wildman–Crippen MR) is 67.1 cm³/mol. The van der Waals surface area contributed by atoms with E-state index in [2.05, 4.69) is 12.2 Å². The molecule has 1 aromatic rings. The highest BCUT2D eigenvalue weighted by Crippen LogP contribution is 2.23. The SMILES string of the molecule is CC1CNCCCC1Oc1cccc(Cl)c1. The lowest BCUT2D eigenvalue weighted by Gasteiger charge is -2.22. The van der Waals surface area contributed by atoms with Crippen LogP contribution < -0.4 is 10.1 Å². The van der Waals surface area contributed by atoms with Gasteiger partial charge in [0, 0.05) is 17.5 Å². The maximum absolute atomic E-state index is 6.00. The number of hydrogen-bond acceptors (Lipinski definition) is 2. The van der Waals surface area contributed by atoms with Gasteiger partial charge in [-0.1, -0.05) is 24.6 Å². The largest absolute Gasteiger partial charge is 0.490 e. The first kappa shape index (κ1) is 11.7. The van der Waals surface area contributed by atoms with Crippen molar-refractivity contribution in [2.75, 3.05) is 13.1 Å². The van der Waals surface area contributed by atoms with Crippen LogP contribution in [0.15, 0.2) is 24.3 Å². The highest BCUT2D eigenvalue weighted by atomic mass is 35.5. The van der Waals surface area contributed by atoms with E-state index in [1.54, 1.807) is 0 Å². The summed E-state index contributed by atoms with van der Waals surface area (Å²) in [4.78, 5) is 0. The van der Waals surface area contributed by atoms with Crippen molar-refractivity contribution in [1.82, 2.24) is 5.32 Å². The van der Waals surface area contributed by atoms with Crippen LogP contribution in [0.5, 0.6) is 5.75 Å². The smallest absolute Gasteiger partial charge is 0.121 e. The van der Waals surface area contributed by atoms with E-state index in [0.29, 0.717) is 12.0 Å². The zero-order valence-electron chi connectivity index (χ0n) is 9.58. The molecule has 3 heteroatoms. The van der Waals surface area contributed by atoms with E-state index in [1.165, 1.54) is 6.42 Å². The van der Waals surface area contributed by atoms with Crippen molar-refractivity contribution in [3.63, 3.8) is 0 Å². The Morgan fingerprint density at radius 3 is 3.12 bits per heavy atom. The van der Waals surface area contributed by atoms with Gasteiger partial charge in [-0.3, -0.25) is 0 Å². The van der Waals surface area contributed by atoms with Crippen LogP contribution in [0.1, 0.15) is 19.8 Å². The van der Waals surface area contributed by atoms with E-state index in [4.69, 9.17) is 16.3 Å². The first-order valence-electron chi connectivity index (χ1n) is 5.88. The maximum atomic E-state index is 6.00. The Labute approximate surface area is 102 Å². The molecule has 2 atom stereocenters. The second-order valence-corrected chi connectivity index (χ2v) is 4.87. The summed E-state index contributed by atoms with van der Waals surface area (Å²) in [6.07, 6.45) is 2.59. The molecule has 1 aromatic carbocycles. The molecule has 0 saturated carbocycles. The average molecular weight is 240 g/mol. The summed E-state index contributed by atoms with van der Waals surface area (Å²) in [6, 6.07) is 7.65. The van der Waals surface area contributed by atoms with Crippen LogP contribution in [0.4, 0.5) is 0 Å². The molecule has 0 spiro atoms. The van der Waals surface area contributed by atoms with Crippen LogP contribution in [0.3, 0.4) is 0 Å². The summed E-state index contributed by atoms with van der Waals surface area (Å²) in [7, 11) is 0. The summed E-state index contributed by atoms with van der Waals surface area (Å²) < 4.78 is 6.00. The Bertz CT molecular complexity index is 342. The van der Waals surface area contributed by atoms with Crippen LogP contribution in [-0.2, 0) is 0 Å². The number of rotatable bonds is 2. The second kappa shape index (κ2) is 5.55. The first-order chi connectivity index (χ1) is 7.75. The molecule has 1 saturated heterocycles. The van der Waals surface area contributed by atoms with Crippen LogP contribution in [0, 0.1) is 5.92 Å². The molecule has 0 aliphatic carbocycles. The van der Waals surface area contributed by atoms with Gasteiger partial charge in [0.05, 0.1) is 0 Å². The molecule has 1 N–H and O–H groups in total. The summed E-state index contributed by atoms with van der Waals surface area (Å²) in [5.41, 5.74) is 0. The van der Waals surface area contributed by atoms with Gasteiger partial charge >= 0.3 is 0 Å². The Morgan fingerprint density at radius 1 is 1.44 bits per heavy atom. The van der Waals surface area contributed by atoms with Gasteiger partial charge < -0.3 is 10.1 Å². The lowest BCUT2D eigenvalue weighted by atomic mass is 10.0. The molecule has 2 unspecified atom stereocenters. The molecular weight excluding hydrogens is 222 g/mol. The van der Waals surface area contributed by atoms with Crippen LogP contribution >= 0.6 is 11.6 Å². The van der Waals surface area contributed by atoms with Gasteiger partial charge in [0.15, 0.2) is 0 Å². The number of nitrogens with one attached hydrogen (secondary N) is 1. The van der Waals surface area contributed by atoms with E-state index in [-0.39, 0.29) is 0 Å². The van der Waals surface area contributed by atoms with Crippen molar-refractivity contribution in [3.05, 3.63) is 29.3 Å². The van der Waals surface area contributed by atoms with Crippen molar-refractivity contribution in [3.8, 4) is 5.75 Å². The second-order valence-electron chi connectivity index (χ2n) is 4.44. The summed E-state index contributed by atoms with van der Waals surface area (Å²) in [6.45, 7) is 4.36. The third-order valence-electron chi connectivity index (χ3n) is 3.03. The minimum atomic E-state index is 0.300. The first-order valence-corrected chi connectivity index (χ1v) is 6.26. The Balaban J connectivity index is 2.02. The van der Waals surface area contributed by atoms with E-state index in [9.17, 15) is 0 Å². The minimum Gasteiger partial charge on any atom is -0.490 e. The fourth-order valence-electron chi connectivity index (χ4n) is 2.06. The van der Waals surface area contributed by atoms with Gasteiger partial charge in [-0.15, -0.1) is 0 Å². The Kier molecular flexibility index (Phi) is 4.08. The standard InChI is InChI=1S/C13H18ClNO/c1-10-9-15-7-3-6-13(10)16-12-5-2-4-11(14)8-12/h2,4-5,8,10,13,15H,3,6-7,9H2,1H3. The van der Waals surface area contributed by atoms with Crippen molar-refractivity contribution in [1.29, 1.82) is 0 Å². The lowest BCUT2D eigenvalue weighted by Crippen LogP contribution is -2.29. The van der Waals surface area contributed by atoms with Crippen LogP contribution in [0.25, 0.3) is 0 Å². The van der Waals surface area contributed by atoms with Crippen molar-refractivity contribution >= 4 is 11.6 Å². The zero-order valence-corrected chi connectivity index (χ0v) is 10.3. The third-order valence-corrected chi connectivity index (χ3v) is 3.26. The fourth-order valence-corrected chi connectivity index (χ4v) is 2.24. The molecule has 88 valence electrons. The maximum Gasteiger partial charge on any atom is 0.121 e. The van der Waals surface area contributed by atoms with Gasteiger partial charge in [-0.05, 0) is 37.6 Å². The monoisotopic (exact) mass is 239 g/mol. The quantitative estimate of drug-likeness (QED) is 0.856. The van der Waals surface area contributed by atoms with E-state index < -0.39 is 0 Å². The molecule has 16 heavy (non-hydrogen) atoms. The topological polar surface area (TPSA) is 21.3 Å². The van der Waals surface area contributed by atoms with E-state index in [0.717, 1.165) is 30.3 Å². The summed E-state index contributed by atoms with van der Waals surface area (Å²) in [5.74, 6) is 1.42. The van der Waals surface area contributed by atoms with E-state index in [1.807, 2.05) is 24.3 Å². The molecule has 2 rings (SSSR count). The van der Waals surface area contributed by atoms with Gasteiger partial charge in [0.2, 0.25) is 0 Å². The van der Waals surface area contributed by atoms with Crippen LogP contribution in [-0.4, -0.2) is 19.2 Å². The van der Waals surface area contributed by atoms with Crippen molar-refractivity contribution in [2.24, 2.45) is 5.92 Å². The molecular formula is C13H18ClNO. The number of hydrogen-bond donors (Lipinski definition) is 1. The average Bonchev–Trinajstić information content (AvgIpc) is 2.45. The van der Waals surface area contributed by atoms with E-state index >= 15 is 0 Å². The van der Waals surface area contributed by atoms with Gasteiger partial charge in [-0.2, -0.15) is 0 Å². The van der Waals surface area contributed by atoms with Gasteiger partial charge in [0.1, 0.15) is 11.9 Å². The lowest BCUT2D eigenvalue weighted by molar-refractivity contribution is 0.141. The Hall–Kier alpha value is -0.730. The molecule has 1 heterocycles. The summed E-state index contributed by atoms with van der Waals surface area (Å²) >= 11 is 5.94. The molecule has 1 aliphatic heterocycles. The normalized spacial score (nSPS) is 26.1. The van der Waals surface area contributed by atoms with Gasteiger partial charge in [0.25, 0.3) is 0 Å². The number of benzene rings is 1. The number of ether oxygens (including phenoxy) is 1. The molecule has 0 bridgehead atoms. The van der Waals surface area contributed by atoms with Gasteiger partial charge in [-0.25, -0.2) is 0 Å². The predicted octanol–water partition coefficient (Wildman–Crippen LogP) is 3.11. The molecule has 1 fully saturated rings. The molecule has 0 amide bonds. The zero-order chi connectivity index (χ0) is 11.4. The highest BCUT2D eigenvalue weighted by Gasteiger charge is 2.21. The minimum absolute atomic E-state index is 0.300. The molecule has 2 nitrogen and oxygen atoms in total. The number of halogens is 1. The summed E-state index contributed by atoms with van der Waals surface area (Å²) in [5, 5.41) is 4.15. The molecule has 0 aromatic heterocycles. The van der Waals surface area contributed by atoms with Crippen molar-refractivity contribution < 1.29 is 4.74 Å². The molecule has 1 aliphatic rings. The fraction of sp³-hybridized carbons (Fsp3) is 0.538. The molecule has 0 radical (unpaired) electrons. The Morgan fingerprint density at radius 2 is 2.31 bits per heavy atom. The highest BCUT2D eigenvalue weighted by molar-refractivity contribution is 6.30. The third kappa shape index (κ3) is 3.13.